The maximum atomic E-state index is 12.0. The zero-order valence-electron chi connectivity index (χ0n) is 26.3. The summed E-state index contributed by atoms with van der Waals surface area (Å²) in [6.07, 6.45) is 1.67. The Morgan fingerprint density at radius 1 is 0.636 bits per heavy atom. The number of fused-ring (bicyclic) bond motifs is 2. The van der Waals surface area contributed by atoms with Gasteiger partial charge >= 0.3 is 0 Å². The molecule has 0 amide bonds. The lowest BCUT2D eigenvalue weighted by molar-refractivity contribution is 0.398. The van der Waals surface area contributed by atoms with Gasteiger partial charge in [-0.1, -0.05) is 70.2 Å². The fourth-order valence-corrected chi connectivity index (χ4v) is 6.15. The van der Waals surface area contributed by atoms with Crippen LogP contribution in [-0.4, -0.2) is 44.0 Å². The van der Waals surface area contributed by atoms with Gasteiger partial charge in [-0.3, -0.25) is 4.99 Å². The Labute approximate surface area is 258 Å². The molecule has 5 rings (SSSR count). The number of benzene rings is 5. The van der Waals surface area contributed by atoms with Gasteiger partial charge in [0.15, 0.2) is 11.5 Å². The average molecular weight is 596 g/mol. The second-order valence-corrected chi connectivity index (χ2v) is 11.7. The van der Waals surface area contributed by atoms with Crippen molar-refractivity contribution in [3.63, 3.8) is 0 Å². The minimum atomic E-state index is -0.315. The van der Waals surface area contributed by atoms with Crippen molar-refractivity contribution in [1.82, 2.24) is 0 Å². The molecule has 0 atom stereocenters. The van der Waals surface area contributed by atoms with Gasteiger partial charge in [-0.2, -0.15) is 0 Å². The van der Waals surface area contributed by atoms with E-state index in [1.807, 2.05) is 84.0 Å². The van der Waals surface area contributed by atoms with Gasteiger partial charge in [0.2, 0.25) is 0 Å². The summed E-state index contributed by atoms with van der Waals surface area (Å²) in [6.45, 7) is 12.0. The van der Waals surface area contributed by atoms with Crippen molar-refractivity contribution in [1.29, 1.82) is 0 Å². The molecule has 0 aromatic heterocycles. The number of phenolic OH excluding ortho intramolecular Hbond substituents is 5. The molecule has 44 heavy (non-hydrogen) atoms. The van der Waals surface area contributed by atoms with Crippen LogP contribution in [0.4, 0.5) is 0 Å². The van der Waals surface area contributed by atoms with Crippen LogP contribution in [0.5, 0.6) is 28.7 Å². The lowest BCUT2D eigenvalue weighted by Gasteiger charge is -2.22. The molecule has 7 nitrogen and oxygen atoms in total. The van der Waals surface area contributed by atoms with E-state index in [0.717, 1.165) is 18.2 Å². The first kappa shape index (κ1) is 32.2. The molecule has 6 N–H and O–H groups in total. The highest BCUT2D eigenvalue weighted by Crippen LogP contribution is 2.51. The van der Waals surface area contributed by atoms with Crippen LogP contribution in [-0.2, 0) is 6.54 Å². The number of aliphatic hydroxyl groups is 1. The van der Waals surface area contributed by atoms with Gasteiger partial charge in [-0.15, -0.1) is 0 Å². The van der Waals surface area contributed by atoms with Crippen LogP contribution in [0.1, 0.15) is 72.9 Å². The maximum absolute atomic E-state index is 12.0. The Bertz CT molecular complexity index is 1870. The molecule has 0 bridgehead atoms. The molecular weight excluding hydrogens is 554 g/mol. The summed E-state index contributed by atoms with van der Waals surface area (Å²) in [4.78, 5) is 4.62. The van der Waals surface area contributed by atoms with Crippen LogP contribution in [0.3, 0.4) is 0 Å². The van der Waals surface area contributed by atoms with Crippen LogP contribution < -0.4 is 0 Å². The first-order valence-electron chi connectivity index (χ1n) is 14.6. The van der Waals surface area contributed by atoms with Gasteiger partial charge < -0.3 is 30.6 Å². The van der Waals surface area contributed by atoms with E-state index < -0.39 is 0 Å². The Morgan fingerprint density at radius 2 is 1.20 bits per heavy atom. The molecule has 0 saturated heterocycles. The summed E-state index contributed by atoms with van der Waals surface area (Å²) in [7, 11) is 1.00. The molecule has 5 aromatic carbocycles. The second kappa shape index (κ2) is 12.9. The van der Waals surface area contributed by atoms with E-state index in [4.69, 9.17) is 5.11 Å². The highest BCUT2D eigenvalue weighted by molar-refractivity contribution is 6.11. The van der Waals surface area contributed by atoms with Gasteiger partial charge in [-0.25, -0.2) is 0 Å². The predicted molar refractivity (Wildman–Crippen MR) is 179 cm³/mol. The third-order valence-corrected chi connectivity index (χ3v) is 8.00. The van der Waals surface area contributed by atoms with Gasteiger partial charge in [0.25, 0.3) is 0 Å². The summed E-state index contributed by atoms with van der Waals surface area (Å²) in [5.74, 6) is -0.640. The van der Waals surface area contributed by atoms with E-state index in [0.29, 0.717) is 61.5 Å². The third-order valence-electron chi connectivity index (χ3n) is 8.00. The van der Waals surface area contributed by atoms with E-state index in [1.54, 1.807) is 12.3 Å². The summed E-state index contributed by atoms with van der Waals surface area (Å²) in [5, 5.41) is 65.1. The van der Waals surface area contributed by atoms with Crippen LogP contribution in [0.2, 0.25) is 0 Å². The topological polar surface area (TPSA) is 134 Å². The van der Waals surface area contributed by atoms with Gasteiger partial charge in [0, 0.05) is 51.9 Å². The average Bonchev–Trinajstić information content (AvgIpc) is 2.97. The minimum absolute atomic E-state index is 0.0200. The fraction of sp³-hybridized carbons (Fsp3) is 0.270. The summed E-state index contributed by atoms with van der Waals surface area (Å²) in [5.41, 5.74) is 5.16. The fourth-order valence-electron chi connectivity index (χ4n) is 6.15. The van der Waals surface area contributed by atoms with E-state index in [2.05, 4.69) is 4.99 Å². The number of nitrogens with zero attached hydrogens (tertiary/aromatic N) is 1. The maximum Gasteiger partial charge on any atom is 0.161 e. The van der Waals surface area contributed by atoms with Crippen LogP contribution in [0.15, 0.2) is 59.6 Å². The molecular formula is C37H41NO6. The molecule has 0 spiro atoms. The summed E-state index contributed by atoms with van der Waals surface area (Å²) < 4.78 is 0. The van der Waals surface area contributed by atoms with Crippen molar-refractivity contribution in [2.45, 2.75) is 59.9 Å². The van der Waals surface area contributed by atoms with Crippen LogP contribution >= 0.6 is 0 Å². The molecule has 0 aliphatic heterocycles. The van der Waals surface area contributed by atoms with Crippen molar-refractivity contribution in [3.8, 4) is 39.9 Å². The molecule has 0 aliphatic carbocycles. The van der Waals surface area contributed by atoms with Gasteiger partial charge in [0.1, 0.15) is 17.2 Å². The van der Waals surface area contributed by atoms with E-state index >= 15 is 0 Å². The van der Waals surface area contributed by atoms with Crippen LogP contribution in [0, 0.1) is 13.8 Å². The van der Waals surface area contributed by atoms with E-state index in [9.17, 15) is 25.5 Å². The second-order valence-electron chi connectivity index (χ2n) is 11.7. The smallest absolute Gasteiger partial charge is 0.161 e. The predicted octanol–water partition coefficient (Wildman–Crippen LogP) is 8.28. The summed E-state index contributed by atoms with van der Waals surface area (Å²) in [6, 6.07) is 16.6. The van der Waals surface area contributed by atoms with Crippen molar-refractivity contribution in [2.75, 3.05) is 7.11 Å². The largest absolute Gasteiger partial charge is 0.508 e. The van der Waals surface area contributed by atoms with Crippen molar-refractivity contribution in [2.24, 2.45) is 4.99 Å². The molecule has 0 fully saturated rings. The normalized spacial score (nSPS) is 11.6. The Balaban J connectivity index is 0.00000216. The van der Waals surface area contributed by atoms with Crippen molar-refractivity contribution >= 4 is 27.8 Å². The first-order valence-corrected chi connectivity index (χ1v) is 14.6. The minimum Gasteiger partial charge on any atom is -0.508 e. The monoisotopic (exact) mass is 595 g/mol. The molecule has 7 heteroatoms. The first-order chi connectivity index (χ1) is 20.9. The Morgan fingerprint density at radius 3 is 1.80 bits per heavy atom. The number of hydrogen-bond donors (Lipinski definition) is 6. The summed E-state index contributed by atoms with van der Waals surface area (Å²) >= 11 is 0. The molecule has 0 saturated carbocycles. The Kier molecular flexibility index (Phi) is 9.40. The standard InChI is InChI=1S/C36H37NO5.CH4O/c1-18(2)29-26-13-21(6)32(31-20(5)12-24-25(34(31)40)15-28(39)35(41)30(24)19(3)4)36(42)33(26)23(14-27(29)38)17-37-16-22-10-8-7-9-11-22;1-2/h7-15,17-19,38-42H,16H2,1-6H3;2H,1H3. The number of aromatic hydroxyl groups is 5. The van der Waals surface area contributed by atoms with E-state index in [1.165, 1.54) is 6.07 Å². The Hall–Kier alpha value is -4.75. The molecule has 0 heterocycles. The molecule has 0 aliphatic rings. The SMILES string of the molecule is CO.Cc1cc2c(C(C)C)c(O)c(O)cc2c(O)c1-c1c(C)cc2c(C(C)C)c(O)cc(C=NCc3ccccc3)c2c1O. The lowest BCUT2D eigenvalue weighted by Crippen LogP contribution is -1.99. The van der Waals surface area contributed by atoms with Crippen molar-refractivity contribution < 1.29 is 30.6 Å². The third kappa shape index (κ3) is 5.63. The molecule has 0 radical (unpaired) electrons. The molecule has 0 unspecified atom stereocenters. The highest BCUT2D eigenvalue weighted by atomic mass is 16.3. The highest BCUT2D eigenvalue weighted by Gasteiger charge is 2.26. The van der Waals surface area contributed by atoms with Crippen LogP contribution in [0.25, 0.3) is 32.7 Å². The zero-order valence-corrected chi connectivity index (χ0v) is 26.3. The quantitative estimate of drug-likeness (QED) is 0.0864. The number of aryl methyl sites for hydroxylation is 2. The molecule has 230 valence electrons. The number of rotatable bonds is 6. The van der Waals surface area contributed by atoms with Gasteiger partial charge in [0.05, 0.1) is 6.54 Å². The number of aliphatic imine (C=N–C) groups is 1. The number of aliphatic hydroxyl groups excluding tert-OH is 1. The zero-order chi connectivity index (χ0) is 32.5. The molecule has 5 aromatic rings. The number of hydrogen-bond acceptors (Lipinski definition) is 7. The van der Waals surface area contributed by atoms with E-state index in [-0.39, 0.29) is 40.6 Å². The van der Waals surface area contributed by atoms with Crippen molar-refractivity contribution in [3.05, 3.63) is 88.0 Å². The van der Waals surface area contributed by atoms with Gasteiger partial charge in [-0.05, 0) is 65.3 Å². The lowest BCUT2D eigenvalue weighted by atomic mass is 9.84. The number of phenols is 5.